The van der Waals surface area contributed by atoms with Gasteiger partial charge in [0, 0.05) is 6.04 Å². The first kappa shape index (κ1) is 12.2. The maximum absolute atomic E-state index is 9.98. The van der Waals surface area contributed by atoms with Crippen LogP contribution in [0.3, 0.4) is 0 Å². The van der Waals surface area contributed by atoms with E-state index in [4.69, 9.17) is 0 Å². The van der Waals surface area contributed by atoms with Crippen molar-refractivity contribution in [1.82, 2.24) is 4.90 Å². The van der Waals surface area contributed by atoms with Gasteiger partial charge in [0.05, 0.1) is 6.54 Å². The van der Waals surface area contributed by atoms with Crippen molar-refractivity contribution in [1.29, 1.82) is 0 Å². The zero-order valence-corrected chi connectivity index (χ0v) is 9.54. The molecule has 0 spiro atoms. The highest BCUT2D eigenvalue weighted by molar-refractivity contribution is 5.33. The number of rotatable bonds is 5. The molecule has 1 rings (SSSR count). The molecule has 0 bridgehead atoms. The Bertz CT molecular complexity index is 256. The number of carbonyl (C=O) groups excluding carboxylic acids is 1. The Kier molecular flexibility index (Phi) is 5.30. The molecule has 15 heavy (non-hydrogen) atoms. The summed E-state index contributed by atoms with van der Waals surface area (Å²) in [6, 6.07) is 0.609. The van der Waals surface area contributed by atoms with Crippen LogP contribution in [0.25, 0.3) is 0 Å². The van der Waals surface area contributed by atoms with Gasteiger partial charge in [0.1, 0.15) is 0 Å². The minimum Gasteiger partial charge on any atom is -0.300 e. The molecule has 0 aromatic heterocycles. The fraction of sp³-hybridized carbons (Fsp3) is 0.750. The number of hydrogen-bond donors (Lipinski definition) is 0. The highest BCUT2D eigenvalue weighted by atomic mass is 16.1. The fourth-order valence-electron chi connectivity index (χ4n) is 2.25. The molecule has 84 valence electrons. The quantitative estimate of drug-likeness (QED) is 0.394. The Morgan fingerprint density at radius 2 is 2.40 bits per heavy atom. The summed E-state index contributed by atoms with van der Waals surface area (Å²) in [6.07, 6.45) is 6.40. The first-order valence-electron chi connectivity index (χ1n) is 5.72. The van der Waals surface area contributed by atoms with Gasteiger partial charge in [-0.2, -0.15) is 0 Å². The lowest BCUT2D eigenvalue weighted by atomic mass is 9.96. The standard InChI is InChI=1S/C12H20N2O/c1-3-14-7-5-4-6-12(14)8-11(2)9-13-10-15/h12H,2-9H2,1H3. The van der Waals surface area contributed by atoms with Gasteiger partial charge >= 0.3 is 0 Å². The van der Waals surface area contributed by atoms with Crippen LogP contribution in [0.2, 0.25) is 0 Å². The second-order valence-electron chi connectivity index (χ2n) is 4.14. The van der Waals surface area contributed by atoms with Crippen LogP contribution in [0.5, 0.6) is 0 Å². The highest BCUT2D eigenvalue weighted by Gasteiger charge is 2.20. The van der Waals surface area contributed by atoms with Crippen LogP contribution in [0.1, 0.15) is 32.6 Å². The van der Waals surface area contributed by atoms with Crippen molar-refractivity contribution in [3.63, 3.8) is 0 Å². The molecule has 1 saturated heterocycles. The predicted octanol–water partition coefficient (Wildman–Crippen LogP) is 2.14. The van der Waals surface area contributed by atoms with Crippen LogP contribution < -0.4 is 0 Å². The van der Waals surface area contributed by atoms with Crippen LogP contribution in [-0.2, 0) is 4.79 Å². The molecule has 0 saturated carbocycles. The Morgan fingerprint density at radius 3 is 3.07 bits per heavy atom. The van der Waals surface area contributed by atoms with E-state index in [2.05, 4.69) is 23.4 Å². The molecular weight excluding hydrogens is 188 g/mol. The summed E-state index contributed by atoms with van der Waals surface area (Å²) >= 11 is 0. The molecule has 0 aromatic rings. The van der Waals surface area contributed by atoms with Gasteiger partial charge in [-0.1, -0.05) is 25.5 Å². The lowest BCUT2D eigenvalue weighted by Crippen LogP contribution is -2.39. The van der Waals surface area contributed by atoms with Crippen molar-refractivity contribution in [2.45, 2.75) is 38.6 Å². The van der Waals surface area contributed by atoms with E-state index in [9.17, 15) is 4.79 Å². The van der Waals surface area contributed by atoms with E-state index in [0.29, 0.717) is 12.6 Å². The molecular formula is C12H20N2O. The SMILES string of the molecule is C=C(CN=C=O)CC1CCCCN1CC. The summed E-state index contributed by atoms with van der Waals surface area (Å²) in [5.74, 6) is 0. The number of aliphatic imine (C=N–C) groups is 1. The normalized spacial score (nSPS) is 22.1. The van der Waals surface area contributed by atoms with Crippen molar-refractivity contribution >= 4 is 6.08 Å². The van der Waals surface area contributed by atoms with Crippen molar-refractivity contribution in [2.75, 3.05) is 19.6 Å². The minimum atomic E-state index is 0.442. The molecule has 1 aliphatic heterocycles. The van der Waals surface area contributed by atoms with Gasteiger partial charge in [0.15, 0.2) is 0 Å². The summed E-state index contributed by atoms with van der Waals surface area (Å²) in [5.41, 5.74) is 1.05. The monoisotopic (exact) mass is 208 g/mol. The molecule has 0 aromatic carbocycles. The Morgan fingerprint density at radius 1 is 1.60 bits per heavy atom. The van der Waals surface area contributed by atoms with Gasteiger partial charge in [-0.3, -0.25) is 0 Å². The van der Waals surface area contributed by atoms with Crippen molar-refractivity contribution in [3.05, 3.63) is 12.2 Å². The predicted molar refractivity (Wildman–Crippen MR) is 61.6 cm³/mol. The molecule has 0 amide bonds. The van der Waals surface area contributed by atoms with E-state index in [1.807, 2.05) is 0 Å². The third-order valence-corrected chi connectivity index (χ3v) is 3.05. The average molecular weight is 208 g/mol. The van der Waals surface area contributed by atoms with E-state index >= 15 is 0 Å². The van der Waals surface area contributed by atoms with Crippen LogP contribution in [0.4, 0.5) is 0 Å². The smallest absolute Gasteiger partial charge is 0.235 e. The zero-order chi connectivity index (χ0) is 11.1. The summed E-state index contributed by atoms with van der Waals surface area (Å²) in [4.78, 5) is 16.0. The minimum absolute atomic E-state index is 0.442. The molecule has 3 heteroatoms. The van der Waals surface area contributed by atoms with Crippen molar-refractivity contribution in [2.24, 2.45) is 4.99 Å². The number of nitrogens with zero attached hydrogens (tertiary/aromatic N) is 2. The first-order valence-corrected chi connectivity index (χ1v) is 5.72. The molecule has 0 N–H and O–H groups in total. The third kappa shape index (κ3) is 3.98. The summed E-state index contributed by atoms with van der Waals surface area (Å²) in [6.45, 7) is 8.90. The second-order valence-corrected chi connectivity index (χ2v) is 4.14. The van der Waals surface area contributed by atoms with Crippen LogP contribution in [-0.4, -0.2) is 36.7 Å². The Hall–Kier alpha value is -0.920. The molecule has 0 radical (unpaired) electrons. The van der Waals surface area contributed by atoms with Crippen molar-refractivity contribution in [3.8, 4) is 0 Å². The first-order chi connectivity index (χ1) is 7.27. The average Bonchev–Trinajstić information content (AvgIpc) is 2.27. The summed E-state index contributed by atoms with van der Waals surface area (Å²) in [7, 11) is 0. The van der Waals surface area contributed by atoms with Crippen LogP contribution in [0.15, 0.2) is 17.1 Å². The van der Waals surface area contributed by atoms with E-state index in [0.717, 1.165) is 18.5 Å². The van der Waals surface area contributed by atoms with Gasteiger partial charge in [-0.05, 0) is 32.4 Å². The molecule has 1 atom stereocenters. The summed E-state index contributed by atoms with van der Waals surface area (Å²) < 4.78 is 0. The second kappa shape index (κ2) is 6.54. The molecule has 1 heterocycles. The van der Waals surface area contributed by atoms with Gasteiger partial charge in [0.25, 0.3) is 0 Å². The fourth-order valence-corrected chi connectivity index (χ4v) is 2.25. The number of likely N-dealkylation sites (tertiary alicyclic amines) is 1. The van der Waals surface area contributed by atoms with Gasteiger partial charge in [0.2, 0.25) is 6.08 Å². The molecule has 3 nitrogen and oxygen atoms in total. The van der Waals surface area contributed by atoms with Crippen LogP contribution >= 0.6 is 0 Å². The number of isocyanates is 1. The maximum atomic E-state index is 9.98. The van der Waals surface area contributed by atoms with E-state index in [-0.39, 0.29) is 0 Å². The highest BCUT2D eigenvalue weighted by Crippen LogP contribution is 2.21. The Balaban J connectivity index is 2.40. The van der Waals surface area contributed by atoms with Gasteiger partial charge in [-0.25, -0.2) is 9.79 Å². The zero-order valence-electron chi connectivity index (χ0n) is 9.54. The number of hydrogen-bond acceptors (Lipinski definition) is 3. The van der Waals surface area contributed by atoms with Crippen LogP contribution in [0, 0.1) is 0 Å². The molecule has 1 unspecified atom stereocenters. The lowest BCUT2D eigenvalue weighted by Gasteiger charge is -2.35. The van der Waals surface area contributed by atoms with E-state index in [1.54, 1.807) is 6.08 Å². The Labute approximate surface area is 91.9 Å². The maximum Gasteiger partial charge on any atom is 0.235 e. The number of piperidine rings is 1. The lowest BCUT2D eigenvalue weighted by molar-refractivity contribution is 0.155. The topological polar surface area (TPSA) is 32.7 Å². The summed E-state index contributed by atoms with van der Waals surface area (Å²) in [5, 5.41) is 0. The molecule has 1 fully saturated rings. The third-order valence-electron chi connectivity index (χ3n) is 3.05. The largest absolute Gasteiger partial charge is 0.300 e. The molecule has 0 aliphatic carbocycles. The molecule has 1 aliphatic rings. The van der Waals surface area contributed by atoms with E-state index in [1.165, 1.54) is 25.8 Å². The van der Waals surface area contributed by atoms with Crippen molar-refractivity contribution < 1.29 is 4.79 Å². The van der Waals surface area contributed by atoms with Gasteiger partial charge in [-0.15, -0.1) is 0 Å². The van der Waals surface area contributed by atoms with E-state index < -0.39 is 0 Å². The van der Waals surface area contributed by atoms with Gasteiger partial charge < -0.3 is 4.90 Å².